The molecule has 6 aromatic rings. The summed E-state index contributed by atoms with van der Waals surface area (Å²) < 4.78 is 1.00. The standard InChI is InChI=1S/C24H14BrN3O2/c25-13-6-8-20-18(10-13)19(11-26-20)23-27-21-15-4-2-1-3-14(15)17-9-12(24(29)30)5-7-16(17)22(21)28-23/h1-11,26H,(H,27,28)(H,29,30). The van der Waals surface area contributed by atoms with E-state index < -0.39 is 5.97 Å². The maximum absolute atomic E-state index is 11.5. The molecule has 0 spiro atoms. The van der Waals surface area contributed by atoms with Crippen molar-refractivity contribution in [3.63, 3.8) is 0 Å². The van der Waals surface area contributed by atoms with E-state index in [9.17, 15) is 9.90 Å². The summed E-state index contributed by atoms with van der Waals surface area (Å²) in [6.45, 7) is 0. The number of nitrogens with one attached hydrogen (secondary N) is 2. The Labute approximate surface area is 178 Å². The van der Waals surface area contributed by atoms with Gasteiger partial charge in [0.05, 0.1) is 16.6 Å². The van der Waals surface area contributed by atoms with Crippen molar-refractivity contribution in [2.45, 2.75) is 0 Å². The second-order valence-electron chi connectivity index (χ2n) is 7.31. The molecule has 5 nitrogen and oxygen atoms in total. The van der Waals surface area contributed by atoms with Crippen LogP contribution in [0.4, 0.5) is 0 Å². The van der Waals surface area contributed by atoms with Gasteiger partial charge in [0.1, 0.15) is 5.82 Å². The molecule has 0 aliphatic carbocycles. The van der Waals surface area contributed by atoms with Crippen molar-refractivity contribution in [2.24, 2.45) is 0 Å². The van der Waals surface area contributed by atoms with Crippen LogP contribution in [-0.4, -0.2) is 26.0 Å². The van der Waals surface area contributed by atoms with Crippen LogP contribution in [0.2, 0.25) is 0 Å². The van der Waals surface area contributed by atoms with Crippen LogP contribution in [0.5, 0.6) is 0 Å². The zero-order valence-corrected chi connectivity index (χ0v) is 17.1. The van der Waals surface area contributed by atoms with Crippen LogP contribution in [0.1, 0.15) is 10.4 Å². The lowest BCUT2D eigenvalue weighted by atomic mass is 9.98. The molecule has 0 aliphatic rings. The molecular formula is C24H14BrN3O2. The van der Waals surface area contributed by atoms with E-state index in [1.54, 1.807) is 12.1 Å². The van der Waals surface area contributed by atoms with Gasteiger partial charge in [-0.2, -0.15) is 0 Å². The van der Waals surface area contributed by atoms with Crippen molar-refractivity contribution in [2.75, 3.05) is 0 Å². The molecule has 6 heteroatoms. The number of hydrogen-bond donors (Lipinski definition) is 3. The summed E-state index contributed by atoms with van der Waals surface area (Å²) in [7, 11) is 0. The fourth-order valence-electron chi connectivity index (χ4n) is 4.22. The first-order valence-corrected chi connectivity index (χ1v) is 10.2. The summed E-state index contributed by atoms with van der Waals surface area (Å²) in [5.74, 6) is -0.162. The predicted molar refractivity (Wildman–Crippen MR) is 123 cm³/mol. The Morgan fingerprint density at radius 3 is 2.57 bits per heavy atom. The topological polar surface area (TPSA) is 81.8 Å². The number of imidazole rings is 1. The van der Waals surface area contributed by atoms with E-state index in [0.29, 0.717) is 0 Å². The molecule has 6 rings (SSSR count). The molecule has 0 fully saturated rings. The highest BCUT2D eigenvalue weighted by atomic mass is 79.9. The summed E-state index contributed by atoms with van der Waals surface area (Å²) in [4.78, 5) is 23.3. The van der Waals surface area contributed by atoms with E-state index in [1.807, 2.05) is 48.7 Å². The van der Waals surface area contributed by atoms with Gasteiger partial charge in [0.25, 0.3) is 0 Å². The number of aromatic nitrogens is 3. The van der Waals surface area contributed by atoms with Gasteiger partial charge in [-0.15, -0.1) is 0 Å². The Morgan fingerprint density at radius 2 is 1.73 bits per heavy atom. The van der Waals surface area contributed by atoms with Gasteiger partial charge in [-0.3, -0.25) is 0 Å². The smallest absolute Gasteiger partial charge is 0.335 e. The van der Waals surface area contributed by atoms with Gasteiger partial charge < -0.3 is 15.1 Å². The van der Waals surface area contributed by atoms with Crippen LogP contribution in [0.25, 0.3) is 54.9 Å². The van der Waals surface area contributed by atoms with Gasteiger partial charge in [0.15, 0.2) is 0 Å². The molecule has 0 saturated carbocycles. The number of rotatable bonds is 2. The Hall–Kier alpha value is -3.64. The first kappa shape index (κ1) is 17.2. The lowest BCUT2D eigenvalue weighted by molar-refractivity contribution is 0.0697. The summed E-state index contributed by atoms with van der Waals surface area (Å²) in [6, 6.07) is 19.3. The second kappa shape index (κ2) is 6.18. The Morgan fingerprint density at radius 1 is 0.900 bits per heavy atom. The number of halogens is 1. The number of aromatic amines is 2. The number of nitrogens with zero attached hydrogens (tertiary/aromatic N) is 1. The van der Waals surface area contributed by atoms with E-state index >= 15 is 0 Å². The molecule has 2 heterocycles. The third-order valence-corrected chi connectivity index (χ3v) is 6.10. The number of hydrogen-bond acceptors (Lipinski definition) is 2. The average molecular weight is 456 g/mol. The van der Waals surface area contributed by atoms with Gasteiger partial charge in [-0.1, -0.05) is 46.3 Å². The van der Waals surface area contributed by atoms with Crippen molar-refractivity contribution >= 4 is 65.4 Å². The van der Waals surface area contributed by atoms with E-state index in [0.717, 1.165) is 59.3 Å². The van der Waals surface area contributed by atoms with Gasteiger partial charge in [0, 0.05) is 37.9 Å². The molecule has 30 heavy (non-hydrogen) atoms. The first-order valence-electron chi connectivity index (χ1n) is 9.44. The molecule has 0 unspecified atom stereocenters. The van der Waals surface area contributed by atoms with Crippen molar-refractivity contribution in [1.29, 1.82) is 0 Å². The average Bonchev–Trinajstić information content (AvgIpc) is 3.37. The molecule has 0 atom stereocenters. The summed E-state index contributed by atoms with van der Waals surface area (Å²) in [5, 5.41) is 14.4. The molecule has 2 aromatic heterocycles. The molecule has 0 amide bonds. The molecule has 4 aromatic carbocycles. The van der Waals surface area contributed by atoms with E-state index in [1.165, 1.54) is 0 Å². The number of benzene rings is 4. The number of H-pyrrole nitrogens is 2. The Kier molecular flexibility index (Phi) is 3.55. The van der Waals surface area contributed by atoms with Crippen LogP contribution < -0.4 is 0 Å². The molecule has 0 radical (unpaired) electrons. The zero-order chi connectivity index (χ0) is 20.4. The normalized spacial score (nSPS) is 11.8. The summed E-state index contributed by atoms with van der Waals surface area (Å²) >= 11 is 3.55. The molecule has 0 aliphatic heterocycles. The highest BCUT2D eigenvalue weighted by Crippen LogP contribution is 2.37. The van der Waals surface area contributed by atoms with Crippen LogP contribution in [0.3, 0.4) is 0 Å². The van der Waals surface area contributed by atoms with E-state index in [2.05, 4.69) is 32.0 Å². The fourth-order valence-corrected chi connectivity index (χ4v) is 4.58. The van der Waals surface area contributed by atoms with E-state index in [4.69, 9.17) is 4.98 Å². The zero-order valence-electron chi connectivity index (χ0n) is 15.5. The number of aromatic carboxylic acids is 1. The maximum atomic E-state index is 11.5. The minimum atomic E-state index is -0.934. The lowest BCUT2D eigenvalue weighted by Gasteiger charge is -2.07. The Bertz CT molecular complexity index is 1650. The van der Waals surface area contributed by atoms with Gasteiger partial charge in [-0.25, -0.2) is 9.78 Å². The lowest BCUT2D eigenvalue weighted by Crippen LogP contribution is -1.95. The summed E-state index contributed by atoms with van der Waals surface area (Å²) in [5.41, 5.74) is 4.07. The van der Waals surface area contributed by atoms with Crippen LogP contribution in [0, 0.1) is 0 Å². The third-order valence-electron chi connectivity index (χ3n) is 5.61. The van der Waals surface area contributed by atoms with Crippen molar-refractivity contribution < 1.29 is 9.90 Å². The Balaban J connectivity index is 1.73. The highest BCUT2D eigenvalue weighted by Gasteiger charge is 2.17. The predicted octanol–water partition coefficient (Wildman–Crippen LogP) is 6.48. The third kappa shape index (κ3) is 2.40. The van der Waals surface area contributed by atoms with Gasteiger partial charge >= 0.3 is 5.97 Å². The van der Waals surface area contributed by atoms with Crippen LogP contribution in [0.15, 0.2) is 71.3 Å². The molecule has 0 saturated heterocycles. The minimum Gasteiger partial charge on any atom is -0.478 e. The number of carbonyl (C=O) groups is 1. The van der Waals surface area contributed by atoms with Crippen molar-refractivity contribution in [3.8, 4) is 11.4 Å². The van der Waals surface area contributed by atoms with Crippen molar-refractivity contribution in [3.05, 3.63) is 76.9 Å². The number of carboxylic acids is 1. The first-order chi connectivity index (χ1) is 14.6. The number of fused-ring (bicyclic) bond motifs is 7. The fraction of sp³-hybridized carbons (Fsp3) is 0. The monoisotopic (exact) mass is 455 g/mol. The minimum absolute atomic E-state index is 0.272. The van der Waals surface area contributed by atoms with Crippen molar-refractivity contribution in [1.82, 2.24) is 15.0 Å². The molecular weight excluding hydrogens is 442 g/mol. The van der Waals surface area contributed by atoms with Gasteiger partial charge in [0.2, 0.25) is 0 Å². The summed E-state index contributed by atoms with van der Waals surface area (Å²) in [6.07, 6.45) is 1.96. The highest BCUT2D eigenvalue weighted by molar-refractivity contribution is 9.10. The van der Waals surface area contributed by atoms with Crippen LogP contribution >= 0.6 is 15.9 Å². The SMILES string of the molecule is O=C(O)c1ccc2c(c1)c1ccccc1c1nc(-c3c[nH]c4ccc(Br)cc34)[nH]c21. The number of carboxylic acid groups (broad SMARTS) is 1. The maximum Gasteiger partial charge on any atom is 0.335 e. The molecule has 144 valence electrons. The quantitative estimate of drug-likeness (QED) is 0.261. The van der Waals surface area contributed by atoms with Gasteiger partial charge in [-0.05, 0) is 41.1 Å². The van der Waals surface area contributed by atoms with Crippen LogP contribution in [-0.2, 0) is 0 Å². The van der Waals surface area contributed by atoms with E-state index in [-0.39, 0.29) is 5.56 Å². The molecule has 3 N–H and O–H groups in total. The largest absolute Gasteiger partial charge is 0.478 e. The molecule has 0 bridgehead atoms. The second-order valence-corrected chi connectivity index (χ2v) is 8.23.